The van der Waals surface area contributed by atoms with Crippen molar-refractivity contribution in [3.8, 4) is 0 Å². The van der Waals surface area contributed by atoms with E-state index in [0.29, 0.717) is 47.5 Å². The minimum atomic E-state index is 0.0779. The molecule has 0 saturated heterocycles. The number of unbranched alkanes of at least 4 members (excludes halogenated alkanes) is 5. The van der Waals surface area contributed by atoms with Crippen LogP contribution in [0.5, 0.6) is 0 Å². The van der Waals surface area contributed by atoms with Crippen LogP contribution in [0.4, 0.5) is 11.5 Å². The van der Waals surface area contributed by atoms with Crippen molar-refractivity contribution in [2.45, 2.75) is 97.9 Å². The van der Waals surface area contributed by atoms with Crippen LogP contribution < -0.4 is 21.3 Å². The van der Waals surface area contributed by atoms with Crippen LogP contribution in [-0.4, -0.2) is 30.5 Å². The number of halogens is 1. The molecule has 2 atom stereocenters. The number of carbonyl (C=O) groups excluding carboxylic acids is 1. The van der Waals surface area contributed by atoms with Crippen molar-refractivity contribution in [3.63, 3.8) is 0 Å². The number of aromatic nitrogens is 1. The van der Waals surface area contributed by atoms with E-state index in [1.807, 2.05) is 66.5 Å². The molecule has 254 valence electrons. The number of pyridine rings is 1. The van der Waals surface area contributed by atoms with Crippen LogP contribution in [0.15, 0.2) is 66.9 Å². The summed E-state index contributed by atoms with van der Waals surface area (Å²) in [4.78, 5) is 20.6. The summed E-state index contributed by atoms with van der Waals surface area (Å²) in [7, 11) is 1.87. The zero-order valence-electron chi connectivity index (χ0n) is 29.2. The first-order valence-electron chi connectivity index (χ1n) is 17.8. The Labute approximate surface area is 288 Å². The SMILES string of the molecule is CCCCCCCC[C@H](CN(C(=O)Cc1ccc(Cl)cc1)c1cccc(/C(N)=C(/NC(C)C2CC2)c2ccnc(NC)c2)c1)C(C)C. The summed E-state index contributed by atoms with van der Waals surface area (Å²) in [5, 5.41) is 7.57. The molecular formula is C40H56ClN5O. The van der Waals surface area contributed by atoms with Gasteiger partial charge in [0.2, 0.25) is 5.91 Å². The van der Waals surface area contributed by atoms with Gasteiger partial charge in [-0.15, -0.1) is 0 Å². The van der Waals surface area contributed by atoms with E-state index in [4.69, 9.17) is 17.3 Å². The quantitative estimate of drug-likeness (QED) is 0.112. The predicted molar refractivity (Wildman–Crippen MR) is 200 cm³/mol. The number of nitrogens with two attached hydrogens (primary N) is 1. The van der Waals surface area contributed by atoms with Gasteiger partial charge >= 0.3 is 0 Å². The Hall–Kier alpha value is -3.51. The largest absolute Gasteiger partial charge is 0.397 e. The van der Waals surface area contributed by atoms with Crippen LogP contribution in [0.1, 0.15) is 102 Å². The van der Waals surface area contributed by atoms with E-state index in [2.05, 4.69) is 49.4 Å². The molecule has 0 spiro atoms. The van der Waals surface area contributed by atoms with Gasteiger partial charge in [-0.25, -0.2) is 4.98 Å². The number of anilines is 2. The minimum Gasteiger partial charge on any atom is -0.397 e. The zero-order chi connectivity index (χ0) is 33.8. The Balaban J connectivity index is 1.67. The Morgan fingerprint density at radius 2 is 1.70 bits per heavy atom. The van der Waals surface area contributed by atoms with Crippen LogP contribution >= 0.6 is 11.6 Å². The van der Waals surface area contributed by atoms with Crippen LogP contribution in [0.25, 0.3) is 11.4 Å². The van der Waals surface area contributed by atoms with E-state index in [9.17, 15) is 4.79 Å². The van der Waals surface area contributed by atoms with Crippen LogP contribution in [-0.2, 0) is 11.2 Å². The molecule has 1 aromatic heterocycles. The lowest BCUT2D eigenvalue weighted by molar-refractivity contribution is -0.118. The zero-order valence-corrected chi connectivity index (χ0v) is 30.0. The Bertz CT molecular complexity index is 1450. The first kappa shape index (κ1) is 36.3. The van der Waals surface area contributed by atoms with Gasteiger partial charge < -0.3 is 21.3 Å². The van der Waals surface area contributed by atoms with Gasteiger partial charge in [-0.05, 0) is 85.9 Å². The van der Waals surface area contributed by atoms with Crippen molar-refractivity contribution >= 4 is 40.4 Å². The predicted octanol–water partition coefficient (Wildman–Crippen LogP) is 9.55. The molecule has 0 aliphatic heterocycles. The smallest absolute Gasteiger partial charge is 0.231 e. The maximum Gasteiger partial charge on any atom is 0.231 e. The Morgan fingerprint density at radius 1 is 0.979 bits per heavy atom. The molecule has 6 nitrogen and oxygen atoms in total. The van der Waals surface area contributed by atoms with Gasteiger partial charge in [0.15, 0.2) is 0 Å². The van der Waals surface area contributed by atoms with Gasteiger partial charge in [-0.2, -0.15) is 0 Å². The summed E-state index contributed by atoms with van der Waals surface area (Å²) in [5.74, 6) is 2.36. The average molecular weight is 658 g/mol. The molecule has 1 saturated carbocycles. The number of nitrogens with zero attached hydrogens (tertiary/aromatic N) is 2. The molecule has 3 aromatic rings. The number of nitrogens with one attached hydrogen (secondary N) is 2. The normalized spacial score (nSPS) is 14.8. The van der Waals surface area contributed by atoms with Crippen molar-refractivity contribution in [1.29, 1.82) is 0 Å². The van der Waals surface area contributed by atoms with E-state index in [-0.39, 0.29) is 5.91 Å². The van der Waals surface area contributed by atoms with Crippen molar-refractivity contribution in [2.24, 2.45) is 23.5 Å². The summed E-state index contributed by atoms with van der Waals surface area (Å²) < 4.78 is 0. The van der Waals surface area contributed by atoms with Gasteiger partial charge in [0.05, 0.1) is 17.8 Å². The molecule has 1 fully saturated rings. The monoisotopic (exact) mass is 657 g/mol. The number of benzene rings is 2. The summed E-state index contributed by atoms with van der Waals surface area (Å²) in [6.45, 7) is 9.73. The van der Waals surface area contributed by atoms with Crippen molar-refractivity contribution in [1.82, 2.24) is 10.3 Å². The van der Waals surface area contributed by atoms with E-state index >= 15 is 0 Å². The summed E-state index contributed by atoms with van der Waals surface area (Å²) >= 11 is 6.16. The highest BCUT2D eigenvalue weighted by molar-refractivity contribution is 6.30. The van der Waals surface area contributed by atoms with Crippen LogP contribution in [0.3, 0.4) is 0 Å². The maximum atomic E-state index is 14.2. The van der Waals surface area contributed by atoms with E-state index < -0.39 is 0 Å². The van der Waals surface area contributed by atoms with Gasteiger partial charge in [-0.3, -0.25) is 4.79 Å². The fourth-order valence-corrected chi connectivity index (χ4v) is 6.37. The molecule has 2 aromatic carbocycles. The second kappa shape index (κ2) is 18.1. The second-order valence-electron chi connectivity index (χ2n) is 13.7. The minimum absolute atomic E-state index is 0.0779. The third kappa shape index (κ3) is 11.0. The molecule has 0 radical (unpaired) electrons. The topological polar surface area (TPSA) is 83.3 Å². The standard InChI is InChI=1S/C40H56ClN5O/c1-6-7-8-9-10-11-13-34(28(2)3)27-46(38(47)24-30-16-20-35(41)21-17-30)36-15-12-14-32(25-36)39(42)40(45-29(4)31-18-19-31)33-22-23-44-37(26-33)43-5/h12,14-17,20-23,25-26,28-29,31,34,45H,6-11,13,18-19,24,27,42H2,1-5H3,(H,43,44)/b40-39-/t29?,34-/m1/s1. The fraction of sp³-hybridized carbons (Fsp3) is 0.500. The van der Waals surface area contributed by atoms with Crippen molar-refractivity contribution in [2.75, 3.05) is 23.8 Å². The summed E-state index contributed by atoms with van der Waals surface area (Å²) in [6.07, 6.45) is 13.3. The number of hydrogen-bond acceptors (Lipinski definition) is 5. The van der Waals surface area contributed by atoms with Crippen molar-refractivity contribution < 1.29 is 4.79 Å². The van der Waals surface area contributed by atoms with E-state index in [1.54, 1.807) is 6.20 Å². The molecule has 1 heterocycles. The molecular weight excluding hydrogens is 602 g/mol. The fourth-order valence-electron chi connectivity index (χ4n) is 6.25. The van der Waals surface area contributed by atoms with E-state index in [0.717, 1.165) is 40.3 Å². The third-order valence-corrected chi connectivity index (χ3v) is 9.85. The van der Waals surface area contributed by atoms with Crippen LogP contribution in [0.2, 0.25) is 5.02 Å². The average Bonchev–Trinajstić information content (AvgIpc) is 3.93. The molecule has 47 heavy (non-hydrogen) atoms. The van der Waals surface area contributed by atoms with Gasteiger partial charge in [0, 0.05) is 47.7 Å². The van der Waals surface area contributed by atoms with Gasteiger partial charge in [0.1, 0.15) is 5.82 Å². The van der Waals surface area contributed by atoms with Gasteiger partial charge in [-0.1, -0.05) is 95.2 Å². The molecule has 7 heteroatoms. The molecule has 1 aliphatic carbocycles. The number of rotatable bonds is 19. The first-order chi connectivity index (χ1) is 22.7. The third-order valence-electron chi connectivity index (χ3n) is 9.60. The lowest BCUT2D eigenvalue weighted by atomic mass is 9.89. The number of carbonyl (C=O) groups is 1. The molecule has 4 N–H and O–H groups in total. The number of amides is 1. The summed E-state index contributed by atoms with van der Waals surface area (Å²) in [6, 6.07) is 20.1. The summed E-state index contributed by atoms with van der Waals surface area (Å²) in [5.41, 5.74) is 12.3. The lowest BCUT2D eigenvalue weighted by Gasteiger charge is -2.31. The lowest BCUT2D eigenvalue weighted by Crippen LogP contribution is -2.38. The molecule has 1 aliphatic rings. The Morgan fingerprint density at radius 3 is 2.38 bits per heavy atom. The highest BCUT2D eigenvalue weighted by Gasteiger charge is 2.29. The maximum absolute atomic E-state index is 14.2. The second-order valence-corrected chi connectivity index (χ2v) is 14.1. The molecule has 4 rings (SSSR count). The highest BCUT2D eigenvalue weighted by atomic mass is 35.5. The molecule has 0 bridgehead atoms. The van der Waals surface area contributed by atoms with E-state index in [1.165, 1.54) is 51.4 Å². The van der Waals surface area contributed by atoms with Crippen LogP contribution in [0, 0.1) is 17.8 Å². The Kier molecular flexibility index (Phi) is 14.0. The highest BCUT2D eigenvalue weighted by Crippen LogP contribution is 2.35. The molecule has 1 unspecified atom stereocenters. The van der Waals surface area contributed by atoms with Gasteiger partial charge in [0.25, 0.3) is 0 Å². The molecule has 1 amide bonds. The van der Waals surface area contributed by atoms with Crippen molar-refractivity contribution in [3.05, 3.63) is 88.6 Å². The number of hydrogen-bond donors (Lipinski definition) is 3. The first-order valence-corrected chi connectivity index (χ1v) is 18.1.